The molecule has 1 aromatic heterocycles. The summed E-state index contributed by atoms with van der Waals surface area (Å²) in [6.45, 7) is 1.99. The summed E-state index contributed by atoms with van der Waals surface area (Å²) in [7, 11) is 1.56. The van der Waals surface area contributed by atoms with E-state index in [1.807, 2.05) is 5.38 Å². The van der Waals surface area contributed by atoms with Gasteiger partial charge in [0.1, 0.15) is 11.8 Å². The van der Waals surface area contributed by atoms with Crippen LogP contribution < -0.4 is 15.4 Å². The minimum Gasteiger partial charge on any atom is -0.497 e. The highest BCUT2D eigenvalue weighted by Gasteiger charge is 2.16. The highest BCUT2D eigenvalue weighted by atomic mass is 32.1. The molecule has 1 heterocycles. The summed E-state index contributed by atoms with van der Waals surface area (Å²) in [4.78, 5) is 28.1. The molecule has 2 aromatic rings. The molecule has 1 atom stereocenters. The fraction of sp³-hybridized carbons (Fsp3) is 0.267. The summed E-state index contributed by atoms with van der Waals surface area (Å²) >= 11 is 1.47. The van der Waals surface area contributed by atoms with Crippen molar-refractivity contribution in [1.82, 2.24) is 15.6 Å². The van der Waals surface area contributed by atoms with E-state index in [1.165, 1.54) is 11.3 Å². The molecule has 0 radical (unpaired) electrons. The van der Waals surface area contributed by atoms with Crippen LogP contribution in [0.4, 0.5) is 0 Å². The van der Waals surface area contributed by atoms with Crippen LogP contribution >= 0.6 is 11.3 Å². The van der Waals surface area contributed by atoms with Gasteiger partial charge in [0.2, 0.25) is 5.91 Å². The van der Waals surface area contributed by atoms with Crippen molar-refractivity contribution in [3.8, 4) is 5.75 Å². The Morgan fingerprint density at radius 2 is 2.05 bits per heavy atom. The summed E-state index contributed by atoms with van der Waals surface area (Å²) < 4.78 is 5.03. The third-order valence-corrected chi connectivity index (χ3v) is 3.66. The predicted molar refractivity (Wildman–Crippen MR) is 83.9 cm³/mol. The zero-order valence-electron chi connectivity index (χ0n) is 12.3. The number of methoxy groups -OCH3 is 1. The minimum absolute atomic E-state index is 0.255. The number of ether oxygens (including phenoxy) is 1. The second-order valence-corrected chi connectivity index (χ2v) is 5.34. The quantitative estimate of drug-likeness (QED) is 0.847. The Morgan fingerprint density at radius 1 is 1.32 bits per heavy atom. The van der Waals surface area contributed by atoms with Crippen molar-refractivity contribution < 1.29 is 14.3 Å². The normalized spacial score (nSPS) is 11.5. The van der Waals surface area contributed by atoms with Crippen LogP contribution in [0.1, 0.15) is 23.0 Å². The van der Waals surface area contributed by atoms with Crippen LogP contribution in [0.2, 0.25) is 0 Å². The number of nitrogens with one attached hydrogen (secondary N) is 2. The van der Waals surface area contributed by atoms with Crippen molar-refractivity contribution in [2.45, 2.75) is 19.5 Å². The number of nitrogens with zero attached hydrogens (tertiary/aromatic N) is 1. The Morgan fingerprint density at radius 3 is 2.64 bits per heavy atom. The van der Waals surface area contributed by atoms with Crippen molar-refractivity contribution in [1.29, 1.82) is 0 Å². The number of hydrogen-bond donors (Lipinski definition) is 2. The van der Waals surface area contributed by atoms with E-state index in [0.29, 0.717) is 17.9 Å². The maximum Gasteiger partial charge on any atom is 0.251 e. The Bertz CT molecular complexity index is 626. The minimum atomic E-state index is -0.631. The molecule has 0 saturated heterocycles. The maximum atomic E-state index is 12.0. The predicted octanol–water partition coefficient (Wildman–Crippen LogP) is 1.59. The number of amides is 2. The van der Waals surface area contributed by atoms with E-state index in [1.54, 1.807) is 43.8 Å². The molecule has 6 nitrogen and oxygen atoms in total. The van der Waals surface area contributed by atoms with E-state index in [0.717, 1.165) is 5.69 Å². The average molecular weight is 319 g/mol. The molecule has 2 N–H and O–H groups in total. The molecule has 1 aromatic carbocycles. The van der Waals surface area contributed by atoms with Crippen LogP contribution in [-0.4, -0.2) is 29.9 Å². The molecule has 22 heavy (non-hydrogen) atoms. The Labute approximate surface area is 132 Å². The van der Waals surface area contributed by atoms with Crippen molar-refractivity contribution in [3.63, 3.8) is 0 Å². The first-order valence-corrected chi connectivity index (χ1v) is 7.64. The van der Waals surface area contributed by atoms with E-state index in [9.17, 15) is 9.59 Å². The van der Waals surface area contributed by atoms with E-state index >= 15 is 0 Å². The SMILES string of the molecule is COc1ccc(C(=O)N[C@H](C)C(=O)NCc2cscn2)cc1. The lowest BCUT2D eigenvalue weighted by molar-refractivity contribution is -0.122. The molecule has 0 saturated carbocycles. The third-order valence-electron chi connectivity index (χ3n) is 3.02. The largest absolute Gasteiger partial charge is 0.497 e. The lowest BCUT2D eigenvalue weighted by Crippen LogP contribution is -2.44. The molecular formula is C15H17N3O3S. The lowest BCUT2D eigenvalue weighted by atomic mass is 10.2. The van der Waals surface area contributed by atoms with Crippen molar-refractivity contribution in [2.75, 3.05) is 7.11 Å². The van der Waals surface area contributed by atoms with Gasteiger partial charge >= 0.3 is 0 Å². The topological polar surface area (TPSA) is 80.3 Å². The number of thiazole rings is 1. The summed E-state index contributed by atoms with van der Waals surface area (Å²) in [5.41, 5.74) is 2.98. The van der Waals surface area contributed by atoms with Gasteiger partial charge in [0.05, 0.1) is 24.9 Å². The van der Waals surface area contributed by atoms with Gasteiger partial charge in [0.25, 0.3) is 5.91 Å². The number of carbonyl (C=O) groups is 2. The molecule has 0 aliphatic heterocycles. The van der Waals surface area contributed by atoms with Gasteiger partial charge in [-0.3, -0.25) is 9.59 Å². The summed E-state index contributed by atoms with van der Waals surface area (Å²) in [6, 6.07) is 6.06. The fourth-order valence-corrected chi connectivity index (χ4v) is 2.30. The highest BCUT2D eigenvalue weighted by molar-refractivity contribution is 7.07. The Balaban J connectivity index is 1.85. The number of carbonyl (C=O) groups excluding carboxylic acids is 2. The number of benzene rings is 1. The summed E-state index contributed by atoms with van der Waals surface area (Å²) in [5, 5.41) is 7.25. The van der Waals surface area contributed by atoms with Gasteiger partial charge in [-0.15, -0.1) is 11.3 Å². The monoisotopic (exact) mass is 319 g/mol. The van der Waals surface area contributed by atoms with Gasteiger partial charge in [-0.2, -0.15) is 0 Å². The first kappa shape index (κ1) is 16.0. The van der Waals surface area contributed by atoms with Gasteiger partial charge in [-0.05, 0) is 31.2 Å². The summed E-state index contributed by atoms with van der Waals surface area (Å²) in [5.74, 6) is 0.111. The van der Waals surface area contributed by atoms with Crippen LogP contribution in [-0.2, 0) is 11.3 Å². The van der Waals surface area contributed by atoms with Crippen LogP contribution in [0.15, 0.2) is 35.2 Å². The first-order valence-electron chi connectivity index (χ1n) is 6.70. The Kier molecular flexibility index (Phi) is 5.48. The van der Waals surface area contributed by atoms with E-state index < -0.39 is 6.04 Å². The molecular weight excluding hydrogens is 302 g/mol. The molecule has 7 heteroatoms. The molecule has 2 rings (SSSR count). The van der Waals surface area contributed by atoms with Gasteiger partial charge in [-0.25, -0.2) is 4.98 Å². The lowest BCUT2D eigenvalue weighted by Gasteiger charge is -2.14. The van der Waals surface area contributed by atoms with Gasteiger partial charge in [-0.1, -0.05) is 0 Å². The second kappa shape index (κ2) is 7.56. The first-order chi connectivity index (χ1) is 10.6. The van der Waals surface area contributed by atoms with E-state index in [4.69, 9.17) is 4.74 Å². The molecule has 0 aliphatic rings. The zero-order valence-corrected chi connectivity index (χ0v) is 13.1. The van der Waals surface area contributed by atoms with Crippen molar-refractivity contribution in [3.05, 3.63) is 46.4 Å². The molecule has 0 fully saturated rings. The van der Waals surface area contributed by atoms with Crippen molar-refractivity contribution >= 4 is 23.2 Å². The number of rotatable bonds is 6. The van der Waals surface area contributed by atoms with Gasteiger partial charge < -0.3 is 15.4 Å². The van der Waals surface area contributed by atoms with Gasteiger partial charge in [0.15, 0.2) is 0 Å². The summed E-state index contributed by atoms with van der Waals surface area (Å²) in [6.07, 6.45) is 0. The molecule has 0 unspecified atom stereocenters. The van der Waals surface area contributed by atoms with Crippen LogP contribution in [0.25, 0.3) is 0 Å². The average Bonchev–Trinajstić information content (AvgIpc) is 3.06. The molecule has 0 aliphatic carbocycles. The zero-order chi connectivity index (χ0) is 15.9. The third kappa shape index (κ3) is 4.29. The molecule has 0 bridgehead atoms. The molecule has 0 spiro atoms. The van der Waals surface area contributed by atoms with Crippen LogP contribution in [0.5, 0.6) is 5.75 Å². The standard InChI is InChI=1S/C15H17N3O3S/c1-10(14(19)16-7-12-8-22-9-17-12)18-15(20)11-3-5-13(21-2)6-4-11/h3-6,8-10H,7H2,1-2H3,(H,16,19)(H,18,20)/t10-/m1/s1. The fourth-order valence-electron chi connectivity index (χ4n) is 1.74. The molecule has 116 valence electrons. The van der Waals surface area contributed by atoms with Gasteiger partial charge in [0, 0.05) is 10.9 Å². The van der Waals surface area contributed by atoms with E-state index in [2.05, 4.69) is 15.6 Å². The maximum absolute atomic E-state index is 12.0. The number of hydrogen-bond acceptors (Lipinski definition) is 5. The number of aromatic nitrogens is 1. The highest BCUT2D eigenvalue weighted by Crippen LogP contribution is 2.11. The second-order valence-electron chi connectivity index (χ2n) is 4.62. The Hall–Kier alpha value is -2.41. The molecule has 2 amide bonds. The van der Waals surface area contributed by atoms with Crippen LogP contribution in [0.3, 0.4) is 0 Å². The van der Waals surface area contributed by atoms with Crippen LogP contribution in [0, 0.1) is 0 Å². The van der Waals surface area contributed by atoms with E-state index in [-0.39, 0.29) is 11.8 Å². The van der Waals surface area contributed by atoms with Crippen molar-refractivity contribution in [2.24, 2.45) is 0 Å². The smallest absolute Gasteiger partial charge is 0.251 e.